The van der Waals surface area contributed by atoms with Crippen LogP contribution in [0.3, 0.4) is 0 Å². The van der Waals surface area contributed by atoms with Crippen LogP contribution in [0.1, 0.15) is 25.6 Å². The minimum Gasteiger partial charge on any atom is -0.270 e. The van der Waals surface area contributed by atoms with E-state index in [-0.39, 0.29) is 0 Å². The van der Waals surface area contributed by atoms with Crippen LogP contribution in [-0.4, -0.2) is 24.5 Å². The van der Waals surface area contributed by atoms with Crippen molar-refractivity contribution in [3.63, 3.8) is 0 Å². The molecule has 0 saturated carbocycles. The Hall–Kier alpha value is -1.70. The maximum atomic E-state index is 4.53. The molecule has 0 N–H and O–H groups in total. The monoisotopic (exact) mass is 393 g/mol. The molecule has 2 aromatic heterocycles. The third-order valence-electron chi connectivity index (χ3n) is 3.14. The largest absolute Gasteiger partial charge is 0.270 e. The van der Waals surface area contributed by atoms with Gasteiger partial charge in [-0.05, 0) is 54.6 Å². The van der Waals surface area contributed by atoms with E-state index in [0.717, 1.165) is 17.1 Å². The summed E-state index contributed by atoms with van der Waals surface area (Å²) in [5, 5.41) is 9.05. The Morgan fingerprint density at radius 2 is 2.05 bits per heavy atom. The summed E-state index contributed by atoms with van der Waals surface area (Å²) in [5.74, 6) is 0.747. The number of nitrogens with zero attached hydrogens (tertiary/aromatic N) is 5. The summed E-state index contributed by atoms with van der Waals surface area (Å²) in [6.45, 7) is 4.86. The fourth-order valence-electron chi connectivity index (χ4n) is 2.05. The summed E-state index contributed by atoms with van der Waals surface area (Å²) in [5.41, 5.74) is 2.02. The Morgan fingerprint density at radius 3 is 2.76 bits per heavy atom. The van der Waals surface area contributed by atoms with Gasteiger partial charge in [-0.25, -0.2) is 9.67 Å². The van der Waals surface area contributed by atoms with Crippen molar-refractivity contribution in [3.05, 3.63) is 52.1 Å². The topological polar surface area (TPSA) is 48.5 Å². The Balaban J connectivity index is 1.78. The van der Waals surface area contributed by atoms with E-state index in [2.05, 4.69) is 63.8 Å². The van der Waals surface area contributed by atoms with Crippen LogP contribution in [0.4, 0.5) is 0 Å². The summed E-state index contributed by atoms with van der Waals surface area (Å²) in [6.07, 6.45) is 3.75. The van der Waals surface area contributed by atoms with E-state index in [9.17, 15) is 0 Å². The smallest absolute Gasteiger partial charge is 0.181 e. The van der Waals surface area contributed by atoms with Gasteiger partial charge in [-0.1, -0.05) is 12.1 Å². The molecule has 0 radical (unpaired) electrons. The molecule has 0 fully saturated rings. The predicted octanol–water partition coefficient (Wildman–Crippen LogP) is 3.38. The van der Waals surface area contributed by atoms with E-state index in [1.165, 1.54) is 3.57 Å². The van der Waals surface area contributed by atoms with Crippen molar-refractivity contribution in [3.8, 4) is 11.4 Å². The molecule has 6 heteroatoms. The number of hydrogen-bond acceptors (Lipinski definition) is 3. The lowest BCUT2D eigenvalue weighted by atomic mass is 10.2. The van der Waals surface area contributed by atoms with Gasteiger partial charge in [0.1, 0.15) is 6.33 Å². The number of benzene rings is 1. The number of hydrogen-bond donors (Lipinski definition) is 0. The molecule has 3 rings (SSSR count). The van der Waals surface area contributed by atoms with Crippen LogP contribution in [0.5, 0.6) is 0 Å². The van der Waals surface area contributed by atoms with E-state index >= 15 is 0 Å². The normalized spacial score (nSPS) is 11.2. The SMILES string of the molecule is CC(C)n1ccc(Cn2cnc(-c3cccc(I)c3)n2)n1. The van der Waals surface area contributed by atoms with Crippen molar-refractivity contribution < 1.29 is 0 Å². The molecule has 108 valence electrons. The Labute approximate surface area is 137 Å². The van der Waals surface area contributed by atoms with Crippen molar-refractivity contribution in [2.45, 2.75) is 26.4 Å². The summed E-state index contributed by atoms with van der Waals surface area (Å²) in [7, 11) is 0. The maximum absolute atomic E-state index is 4.53. The summed E-state index contributed by atoms with van der Waals surface area (Å²) in [6, 6.07) is 10.6. The van der Waals surface area contributed by atoms with Crippen molar-refractivity contribution >= 4 is 22.6 Å². The van der Waals surface area contributed by atoms with Crippen molar-refractivity contribution in [1.82, 2.24) is 24.5 Å². The highest BCUT2D eigenvalue weighted by Crippen LogP contribution is 2.17. The lowest BCUT2D eigenvalue weighted by molar-refractivity contribution is 0.521. The van der Waals surface area contributed by atoms with E-state index in [0.29, 0.717) is 12.6 Å². The molecule has 0 bridgehead atoms. The molecule has 1 aromatic carbocycles. The number of halogens is 1. The molecule has 3 aromatic rings. The van der Waals surface area contributed by atoms with Gasteiger partial charge >= 0.3 is 0 Å². The van der Waals surface area contributed by atoms with Crippen LogP contribution in [0.15, 0.2) is 42.9 Å². The molecule has 0 aliphatic rings. The molecule has 0 amide bonds. The molecule has 0 aliphatic heterocycles. The van der Waals surface area contributed by atoms with Gasteiger partial charge in [0, 0.05) is 21.4 Å². The van der Waals surface area contributed by atoms with Gasteiger partial charge in [0.15, 0.2) is 5.82 Å². The van der Waals surface area contributed by atoms with Crippen molar-refractivity contribution in [2.24, 2.45) is 0 Å². The Morgan fingerprint density at radius 1 is 1.19 bits per heavy atom. The van der Waals surface area contributed by atoms with Gasteiger partial charge in [-0.2, -0.15) is 10.2 Å². The zero-order valence-electron chi connectivity index (χ0n) is 11.9. The van der Waals surface area contributed by atoms with E-state index in [1.54, 1.807) is 6.33 Å². The molecule has 0 aliphatic carbocycles. The van der Waals surface area contributed by atoms with E-state index < -0.39 is 0 Å². The third-order valence-corrected chi connectivity index (χ3v) is 3.81. The van der Waals surface area contributed by atoms with Gasteiger partial charge in [-0.15, -0.1) is 0 Å². The first kappa shape index (κ1) is 14.2. The number of aromatic nitrogens is 5. The van der Waals surface area contributed by atoms with Crippen LogP contribution < -0.4 is 0 Å². The summed E-state index contributed by atoms with van der Waals surface area (Å²) >= 11 is 2.29. The highest BCUT2D eigenvalue weighted by Gasteiger charge is 2.07. The zero-order valence-corrected chi connectivity index (χ0v) is 14.1. The second-order valence-electron chi connectivity index (χ2n) is 5.16. The highest BCUT2D eigenvalue weighted by atomic mass is 127. The molecule has 2 heterocycles. The Bertz CT molecular complexity index is 744. The minimum atomic E-state index is 0.372. The van der Waals surface area contributed by atoms with Gasteiger partial charge in [0.2, 0.25) is 0 Å². The second-order valence-corrected chi connectivity index (χ2v) is 6.40. The van der Waals surface area contributed by atoms with Crippen LogP contribution >= 0.6 is 22.6 Å². The molecule has 21 heavy (non-hydrogen) atoms. The molecule has 5 nitrogen and oxygen atoms in total. The lowest BCUT2D eigenvalue weighted by Gasteiger charge is -2.03. The summed E-state index contributed by atoms with van der Waals surface area (Å²) in [4.78, 5) is 4.38. The van der Waals surface area contributed by atoms with Gasteiger partial charge in [0.25, 0.3) is 0 Å². The molecular formula is C15H16IN5. The Kier molecular flexibility index (Phi) is 4.05. The molecular weight excluding hydrogens is 377 g/mol. The van der Waals surface area contributed by atoms with Crippen LogP contribution in [0.2, 0.25) is 0 Å². The minimum absolute atomic E-state index is 0.372. The van der Waals surface area contributed by atoms with Crippen LogP contribution in [-0.2, 0) is 6.54 Å². The first-order chi connectivity index (χ1) is 10.1. The second kappa shape index (κ2) is 5.97. The maximum Gasteiger partial charge on any atom is 0.181 e. The van der Waals surface area contributed by atoms with Gasteiger partial charge in [-0.3, -0.25) is 4.68 Å². The van der Waals surface area contributed by atoms with E-state index in [4.69, 9.17) is 0 Å². The van der Waals surface area contributed by atoms with Crippen molar-refractivity contribution in [1.29, 1.82) is 0 Å². The fourth-order valence-corrected chi connectivity index (χ4v) is 2.59. The molecule has 0 unspecified atom stereocenters. The van der Waals surface area contributed by atoms with Crippen LogP contribution in [0, 0.1) is 3.57 Å². The lowest BCUT2D eigenvalue weighted by Crippen LogP contribution is -2.05. The standard InChI is InChI=1S/C15H16IN5/c1-11(2)21-7-6-14(18-21)9-20-10-17-15(19-20)12-4-3-5-13(16)8-12/h3-8,10-11H,9H2,1-2H3. The van der Waals surface area contributed by atoms with Crippen LogP contribution in [0.25, 0.3) is 11.4 Å². The molecule has 0 spiro atoms. The average Bonchev–Trinajstić information content (AvgIpc) is 3.08. The molecule has 0 atom stereocenters. The predicted molar refractivity (Wildman–Crippen MR) is 89.9 cm³/mol. The first-order valence-corrected chi connectivity index (χ1v) is 7.89. The van der Waals surface area contributed by atoms with Gasteiger partial charge in [0.05, 0.1) is 12.2 Å². The average molecular weight is 393 g/mol. The zero-order chi connectivity index (χ0) is 14.8. The van der Waals surface area contributed by atoms with Crippen molar-refractivity contribution in [2.75, 3.05) is 0 Å². The third kappa shape index (κ3) is 3.31. The number of rotatable bonds is 4. The van der Waals surface area contributed by atoms with Gasteiger partial charge < -0.3 is 0 Å². The fraction of sp³-hybridized carbons (Fsp3) is 0.267. The van der Waals surface area contributed by atoms with E-state index in [1.807, 2.05) is 33.8 Å². The summed E-state index contributed by atoms with van der Waals surface area (Å²) < 4.78 is 4.95. The quantitative estimate of drug-likeness (QED) is 0.639. The highest BCUT2D eigenvalue weighted by molar-refractivity contribution is 14.1. The molecule has 0 saturated heterocycles. The first-order valence-electron chi connectivity index (χ1n) is 6.81.